The summed E-state index contributed by atoms with van der Waals surface area (Å²) in [6.45, 7) is 0.160. The predicted octanol–water partition coefficient (Wildman–Crippen LogP) is 1.41. The van der Waals surface area contributed by atoms with E-state index in [0.717, 1.165) is 11.3 Å². The van der Waals surface area contributed by atoms with E-state index in [1.165, 1.54) is 0 Å². The summed E-state index contributed by atoms with van der Waals surface area (Å²) in [6, 6.07) is 8.59. The van der Waals surface area contributed by atoms with E-state index in [-0.39, 0.29) is 32.6 Å². The number of nitrogens with one attached hydrogen (secondary N) is 2. The van der Waals surface area contributed by atoms with Gasteiger partial charge in [0.25, 0.3) is 0 Å². The Morgan fingerprint density at radius 3 is 2.38 bits per heavy atom. The van der Waals surface area contributed by atoms with Crippen LogP contribution in [0, 0.1) is 0 Å². The first kappa shape index (κ1) is 24.8. The fourth-order valence-corrected chi connectivity index (χ4v) is 2.71. The lowest BCUT2D eigenvalue weighted by Gasteiger charge is -2.24. The van der Waals surface area contributed by atoms with Crippen LogP contribution in [0.15, 0.2) is 30.3 Å². The minimum absolute atomic E-state index is 0.0297. The van der Waals surface area contributed by atoms with Gasteiger partial charge >= 0.3 is 12.1 Å². The number of amides is 2. The number of carbonyl (C=O) groups excluding carboxylic acids is 3. The minimum Gasteiger partial charge on any atom is -0.461 e. The van der Waals surface area contributed by atoms with E-state index in [1.807, 2.05) is 30.3 Å². The highest BCUT2D eigenvalue weighted by Gasteiger charge is 2.15. The van der Waals surface area contributed by atoms with E-state index in [9.17, 15) is 19.5 Å². The van der Waals surface area contributed by atoms with Crippen molar-refractivity contribution in [3.8, 4) is 0 Å². The molecule has 1 atom stereocenters. The number of aliphatic hydroxyl groups excluding tert-OH is 1. The summed E-state index contributed by atoms with van der Waals surface area (Å²) in [7, 11) is -0.745. The second-order valence-electron chi connectivity index (χ2n) is 7.41. The zero-order valence-corrected chi connectivity index (χ0v) is 18.1. The molecule has 2 amide bonds. The Hall–Kier alpha value is -2.26. The number of hydrogen-bond donors (Lipinski definition) is 3. The molecule has 0 fully saturated rings. The van der Waals surface area contributed by atoms with Crippen LogP contribution in [0.3, 0.4) is 0 Å². The molecule has 0 unspecified atom stereocenters. The fourth-order valence-electron chi connectivity index (χ4n) is 2.13. The van der Waals surface area contributed by atoms with Gasteiger partial charge in [-0.15, -0.1) is 0 Å². The van der Waals surface area contributed by atoms with Crippen LogP contribution in [0.1, 0.15) is 18.4 Å². The van der Waals surface area contributed by atoms with E-state index in [4.69, 9.17) is 9.47 Å². The molecule has 1 aromatic carbocycles. The molecule has 1 rings (SSSR count). The molecule has 3 N–H and O–H groups in total. The third-order valence-corrected chi connectivity index (χ3v) is 5.20. The number of hydrogen-bond acceptors (Lipinski definition) is 6. The number of esters is 1. The SMILES string of the molecule is CS(C)(C)CCOC(=O)NC[C@@H](CO)NC(=O)CCC(=O)OCc1ccccc1. The largest absolute Gasteiger partial charge is 0.461 e. The van der Waals surface area contributed by atoms with E-state index in [2.05, 4.69) is 29.4 Å². The van der Waals surface area contributed by atoms with Gasteiger partial charge < -0.3 is 25.2 Å². The van der Waals surface area contributed by atoms with E-state index in [0.29, 0.717) is 6.61 Å². The molecule has 8 nitrogen and oxygen atoms in total. The summed E-state index contributed by atoms with van der Waals surface area (Å²) in [5, 5.41) is 14.4. The van der Waals surface area contributed by atoms with Crippen LogP contribution in [0.4, 0.5) is 4.79 Å². The van der Waals surface area contributed by atoms with Crippen molar-refractivity contribution in [3.63, 3.8) is 0 Å². The number of benzene rings is 1. The van der Waals surface area contributed by atoms with Crippen molar-refractivity contribution in [3.05, 3.63) is 35.9 Å². The Balaban J connectivity index is 2.21. The molecule has 0 aliphatic heterocycles. The van der Waals surface area contributed by atoms with Gasteiger partial charge in [-0.25, -0.2) is 14.8 Å². The molecule has 0 saturated heterocycles. The van der Waals surface area contributed by atoms with E-state index >= 15 is 0 Å². The number of ether oxygens (including phenoxy) is 2. The lowest BCUT2D eigenvalue weighted by Crippen LogP contribution is -2.46. The molecular weight excluding hydrogens is 396 g/mol. The van der Waals surface area contributed by atoms with Gasteiger partial charge in [-0.05, 0) is 24.3 Å². The minimum atomic E-state index is -0.745. The summed E-state index contributed by atoms with van der Waals surface area (Å²) >= 11 is 0. The maximum Gasteiger partial charge on any atom is 0.407 e. The zero-order valence-electron chi connectivity index (χ0n) is 17.3. The van der Waals surface area contributed by atoms with E-state index in [1.54, 1.807) is 0 Å². The molecule has 29 heavy (non-hydrogen) atoms. The van der Waals surface area contributed by atoms with Crippen molar-refractivity contribution in [2.24, 2.45) is 0 Å². The normalized spacial score (nSPS) is 12.6. The Labute approximate surface area is 173 Å². The maximum absolute atomic E-state index is 11.9. The summed E-state index contributed by atoms with van der Waals surface area (Å²) in [5.74, 6) is -0.0829. The number of aliphatic hydroxyl groups is 1. The van der Waals surface area contributed by atoms with Gasteiger partial charge in [-0.3, -0.25) is 9.59 Å². The van der Waals surface area contributed by atoms with Gasteiger partial charge in [0.1, 0.15) is 13.2 Å². The second kappa shape index (κ2) is 13.1. The van der Waals surface area contributed by atoms with Gasteiger partial charge in [-0.2, -0.15) is 0 Å². The molecular formula is C20H32N2O6S. The van der Waals surface area contributed by atoms with Crippen molar-refractivity contribution < 1.29 is 29.0 Å². The molecule has 0 bridgehead atoms. The van der Waals surface area contributed by atoms with Crippen LogP contribution in [0.2, 0.25) is 0 Å². The van der Waals surface area contributed by atoms with Crippen LogP contribution in [-0.4, -0.2) is 73.4 Å². The lowest BCUT2D eigenvalue weighted by molar-refractivity contribution is -0.146. The molecule has 9 heteroatoms. The predicted molar refractivity (Wildman–Crippen MR) is 114 cm³/mol. The highest BCUT2D eigenvalue weighted by molar-refractivity contribution is 8.32. The van der Waals surface area contributed by atoms with Crippen molar-refractivity contribution in [1.29, 1.82) is 0 Å². The van der Waals surface area contributed by atoms with Crippen molar-refractivity contribution >= 4 is 28.0 Å². The van der Waals surface area contributed by atoms with Crippen molar-refractivity contribution in [2.45, 2.75) is 25.5 Å². The first-order chi connectivity index (χ1) is 13.7. The van der Waals surface area contributed by atoms with Crippen LogP contribution >= 0.6 is 10.0 Å². The molecule has 0 heterocycles. The molecule has 0 aromatic heterocycles. The smallest absolute Gasteiger partial charge is 0.407 e. The average Bonchev–Trinajstić information content (AvgIpc) is 2.67. The molecule has 0 aliphatic carbocycles. The Kier molecular flexibility index (Phi) is 11.2. The van der Waals surface area contributed by atoms with Crippen LogP contribution in [0.5, 0.6) is 0 Å². The Morgan fingerprint density at radius 2 is 1.76 bits per heavy atom. The first-order valence-corrected chi connectivity index (χ1v) is 12.4. The summed E-state index contributed by atoms with van der Waals surface area (Å²) in [6.07, 6.45) is 5.66. The van der Waals surface area contributed by atoms with Crippen LogP contribution in [0.25, 0.3) is 0 Å². The topological polar surface area (TPSA) is 114 Å². The quantitative estimate of drug-likeness (QED) is 0.434. The highest BCUT2D eigenvalue weighted by Crippen LogP contribution is 2.33. The van der Waals surface area contributed by atoms with Crippen LogP contribution < -0.4 is 10.6 Å². The Bertz CT molecular complexity index is 648. The molecule has 0 saturated carbocycles. The van der Waals surface area contributed by atoms with Crippen LogP contribution in [-0.2, 0) is 25.7 Å². The molecule has 164 valence electrons. The Morgan fingerprint density at radius 1 is 1.07 bits per heavy atom. The van der Waals surface area contributed by atoms with Gasteiger partial charge in [0, 0.05) is 18.7 Å². The zero-order chi connectivity index (χ0) is 21.7. The van der Waals surface area contributed by atoms with Crippen molar-refractivity contribution in [1.82, 2.24) is 10.6 Å². The first-order valence-electron chi connectivity index (χ1n) is 9.36. The summed E-state index contributed by atoms with van der Waals surface area (Å²) < 4.78 is 10.2. The summed E-state index contributed by atoms with van der Waals surface area (Å²) in [5.41, 5.74) is 0.868. The third-order valence-electron chi connectivity index (χ3n) is 3.81. The third kappa shape index (κ3) is 12.7. The monoisotopic (exact) mass is 428 g/mol. The van der Waals surface area contributed by atoms with Gasteiger partial charge in [0.15, 0.2) is 0 Å². The molecule has 0 aliphatic rings. The van der Waals surface area contributed by atoms with Crippen molar-refractivity contribution in [2.75, 3.05) is 44.3 Å². The number of rotatable bonds is 12. The van der Waals surface area contributed by atoms with E-state index < -0.39 is 34.0 Å². The number of alkyl carbamates (subject to hydrolysis) is 1. The highest BCUT2D eigenvalue weighted by atomic mass is 32.3. The number of carbonyl (C=O) groups is 3. The fraction of sp³-hybridized carbons (Fsp3) is 0.550. The van der Waals surface area contributed by atoms with Gasteiger partial charge in [0.2, 0.25) is 5.91 Å². The maximum atomic E-state index is 11.9. The second-order valence-corrected chi connectivity index (χ2v) is 12.0. The molecule has 0 radical (unpaired) electrons. The molecule has 0 spiro atoms. The standard InChI is InChI=1S/C20H32N2O6S/c1-29(2,3)12-11-27-20(26)21-13-17(14-23)22-18(24)9-10-19(25)28-15-16-7-5-4-6-8-16/h4-8,17,23H,9-15H2,1-3H3,(H,21,26)(H,22,24)/t17-/m0/s1. The van der Waals surface area contributed by atoms with Gasteiger partial charge in [0.05, 0.1) is 19.1 Å². The molecule has 1 aromatic rings. The van der Waals surface area contributed by atoms with Gasteiger partial charge in [-0.1, -0.05) is 30.3 Å². The summed E-state index contributed by atoms with van der Waals surface area (Å²) in [4.78, 5) is 35.3. The average molecular weight is 429 g/mol. The lowest BCUT2D eigenvalue weighted by atomic mass is 10.2.